The zero-order valence-electron chi connectivity index (χ0n) is 21.9. The molecule has 200 valence electrons. The van der Waals surface area contributed by atoms with E-state index in [4.69, 9.17) is 21.1 Å². The molecule has 0 saturated heterocycles. The van der Waals surface area contributed by atoms with Crippen LogP contribution in [0.1, 0.15) is 37.6 Å². The number of carbonyl (C=O) groups excluding carboxylic acids is 3. The van der Waals surface area contributed by atoms with E-state index < -0.39 is 6.03 Å². The number of ether oxygens (including phenoxy) is 2. The number of likely N-dealkylation sites (N-methyl/N-ethyl adjacent to an activating group) is 1. The minimum Gasteiger partial charge on any atom is -0.491 e. The number of hydrogen-bond donors (Lipinski definition) is 2. The van der Waals surface area contributed by atoms with Crippen LogP contribution in [0.3, 0.4) is 0 Å². The van der Waals surface area contributed by atoms with E-state index in [2.05, 4.69) is 10.6 Å². The third-order valence-electron chi connectivity index (χ3n) is 6.43. The Hall–Kier alpha value is -3.30. The van der Waals surface area contributed by atoms with Crippen LogP contribution in [-0.4, -0.2) is 73.6 Å². The molecule has 2 aromatic rings. The van der Waals surface area contributed by atoms with Gasteiger partial charge in [0.15, 0.2) is 0 Å². The molecule has 0 saturated carbocycles. The molecular weight excluding hydrogens is 496 g/mol. The summed E-state index contributed by atoms with van der Waals surface area (Å²) in [5.41, 5.74) is 1.39. The molecule has 2 aromatic carbocycles. The summed E-state index contributed by atoms with van der Waals surface area (Å²) in [4.78, 5) is 42.0. The minimum atomic E-state index is -0.455. The largest absolute Gasteiger partial charge is 0.491 e. The second-order valence-electron chi connectivity index (χ2n) is 9.29. The summed E-state index contributed by atoms with van der Waals surface area (Å²) in [7, 11) is 3.32. The zero-order chi connectivity index (χ0) is 27.1. The van der Waals surface area contributed by atoms with Gasteiger partial charge in [0.05, 0.1) is 17.7 Å². The van der Waals surface area contributed by atoms with Crippen LogP contribution in [0.2, 0.25) is 5.02 Å². The number of benzene rings is 2. The van der Waals surface area contributed by atoms with Gasteiger partial charge in [0.25, 0.3) is 5.91 Å². The molecule has 0 aliphatic carbocycles. The van der Waals surface area contributed by atoms with Crippen molar-refractivity contribution in [3.8, 4) is 5.75 Å². The first-order chi connectivity index (χ1) is 17.6. The van der Waals surface area contributed by atoms with Crippen molar-refractivity contribution in [2.45, 2.75) is 39.3 Å². The maximum Gasteiger partial charge on any atom is 0.323 e. The van der Waals surface area contributed by atoms with Crippen LogP contribution >= 0.6 is 11.6 Å². The lowest BCUT2D eigenvalue weighted by Crippen LogP contribution is -2.48. The number of nitrogens with one attached hydrogen (secondary N) is 2. The number of urea groups is 1. The van der Waals surface area contributed by atoms with Crippen molar-refractivity contribution in [2.75, 3.05) is 44.5 Å². The molecule has 0 unspecified atom stereocenters. The Morgan fingerprint density at radius 3 is 2.38 bits per heavy atom. The van der Waals surface area contributed by atoms with Crippen molar-refractivity contribution in [1.29, 1.82) is 0 Å². The van der Waals surface area contributed by atoms with Gasteiger partial charge in [-0.2, -0.15) is 0 Å². The maximum absolute atomic E-state index is 13.3. The van der Waals surface area contributed by atoms with Gasteiger partial charge in [-0.05, 0) is 43.3 Å². The highest BCUT2D eigenvalue weighted by Gasteiger charge is 2.30. The lowest BCUT2D eigenvalue weighted by Gasteiger charge is -2.36. The molecule has 0 radical (unpaired) electrons. The van der Waals surface area contributed by atoms with E-state index in [0.29, 0.717) is 47.2 Å². The summed E-state index contributed by atoms with van der Waals surface area (Å²) < 4.78 is 11.8. The van der Waals surface area contributed by atoms with Crippen molar-refractivity contribution >= 4 is 40.8 Å². The van der Waals surface area contributed by atoms with Gasteiger partial charge >= 0.3 is 6.03 Å². The van der Waals surface area contributed by atoms with Crippen molar-refractivity contribution in [3.05, 3.63) is 53.1 Å². The van der Waals surface area contributed by atoms with Crippen molar-refractivity contribution in [2.24, 2.45) is 5.92 Å². The molecule has 1 aliphatic rings. The molecular formula is C27H35ClN4O5. The van der Waals surface area contributed by atoms with Crippen LogP contribution in [0, 0.1) is 5.92 Å². The number of nitrogens with zero attached hydrogens (tertiary/aromatic N) is 2. The predicted octanol–water partition coefficient (Wildman–Crippen LogP) is 4.73. The van der Waals surface area contributed by atoms with Gasteiger partial charge in [-0.1, -0.05) is 25.4 Å². The van der Waals surface area contributed by atoms with E-state index in [-0.39, 0.29) is 36.5 Å². The summed E-state index contributed by atoms with van der Waals surface area (Å²) in [6.45, 7) is 6.78. The van der Waals surface area contributed by atoms with E-state index in [0.717, 1.165) is 0 Å². The Labute approximate surface area is 223 Å². The lowest BCUT2D eigenvalue weighted by atomic mass is 10.0. The number of methoxy groups -OCH3 is 1. The van der Waals surface area contributed by atoms with E-state index in [9.17, 15) is 14.4 Å². The van der Waals surface area contributed by atoms with E-state index in [1.165, 1.54) is 0 Å². The Bertz CT molecular complexity index is 1110. The van der Waals surface area contributed by atoms with Gasteiger partial charge < -0.3 is 29.9 Å². The fraction of sp³-hybridized carbons (Fsp3) is 0.444. The fourth-order valence-corrected chi connectivity index (χ4v) is 4.35. The molecule has 0 bridgehead atoms. The van der Waals surface area contributed by atoms with E-state index in [1.54, 1.807) is 66.4 Å². The number of halogens is 1. The molecule has 2 N–H and O–H groups in total. The van der Waals surface area contributed by atoms with Gasteiger partial charge in [0.2, 0.25) is 5.91 Å². The molecule has 9 nitrogen and oxygen atoms in total. The Kier molecular flexibility index (Phi) is 9.77. The number of amides is 4. The first-order valence-corrected chi connectivity index (χ1v) is 12.7. The number of fused-ring (bicyclic) bond motifs is 1. The SMILES string of the molecule is CCC(=O)N1C[C@@H](C)[C@H](OC)CN(C)C(=O)c2ccc(NC(=O)Nc3ccc(Cl)cc3)cc2OC[C@@H]1C. The first-order valence-electron chi connectivity index (χ1n) is 12.3. The molecule has 1 heterocycles. The second kappa shape index (κ2) is 12.8. The third kappa shape index (κ3) is 7.36. The predicted molar refractivity (Wildman–Crippen MR) is 144 cm³/mol. The first kappa shape index (κ1) is 28.3. The topological polar surface area (TPSA) is 100 Å². The molecule has 0 spiro atoms. The molecule has 0 fully saturated rings. The minimum absolute atomic E-state index is 0.00262. The number of anilines is 2. The quantitative estimate of drug-likeness (QED) is 0.595. The molecule has 0 aromatic heterocycles. The standard InChI is InChI=1S/C27H35ClN4O5/c1-6-25(33)32-14-17(2)24(36-5)15-31(4)26(34)22-12-11-21(13-23(22)37-16-18(32)3)30-27(35)29-20-9-7-19(28)8-10-20/h7-13,17-18,24H,6,14-16H2,1-5H3,(H2,29,30,35)/t17-,18+,24-/m1/s1. The van der Waals surface area contributed by atoms with E-state index >= 15 is 0 Å². The van der Waals surface area contributed by atoms with E-state index in [1.807, 2.05) is 20.8 Å². The highest BCUT2D eigenvalue weighted by molar-refractivity contribution is 6.30. The number of rotatable bonds is 4. The molecule has 3 atom stereocenters. The maximum atomic E-state index is 13.3. The number of carbonyl (C=O) groups is 3. The van der Waals surface area contributed by atoms with Crippen molar-refractivity contribution in [1.82, 2.24) is 9.80 Å². The van der Waals surface area contributed by atoms with Crippen LogP contribution in [-0.2, 0) is 9.53 Å². The second-order valence-corrected chi connectivity index (χ2v) is 9.73. The van der Waals surface area contributed by atoms with Crippen LogP contribution < -0.4 is 15.4 Å². The van der Waals surface area contributed by atoms with Gasteiger partial charge in [0, 0.05) is 62.0 Å². The molecule has 4 amide bonds. The van der Waals surface area contributed by atoms with Gasteiger partial charge in [-0.15, -0.1) is 0 Å². The van der Waals surface area contributed by atoms with Gasteiger partial charge in [-0.25, -0.2) is 4.79 Å². The van der Waals surface area contributed by atoms with Gasteiger partial charge in [0.1, 0.15) is 12.4 Å². The summed E-state index contributed by atoms with van der Waals surface area (Å²) in [5, 5.41) is 6.07. The summed E-state index contributed by atoms with van der Waals surface area (Å²) >= 11 is 5.90. The average Bonchev–Trinajstić information content (AvgIpc) is 2.88. The summed E-state index contributed by atoms with van der Waals surface area (Å²) in [5.74, 6) is 0.118. The molecule has 10 heteroatoms. The highest BCUT2D eigenvalue weighted by atomic mass is 35.5. The smallest absolute Gasteiger partial charge is 0.323 e. The Morgan fingerprint density at radius 2 is 1.73 bits per heavy atom. The van der Waals surface area contributed by atoms with Crippen molar-refractivity contribution in [3.63, 3.8) is 0 Å². The van der Waals surface area contributed by atoms with Crippen LogP contribution in [0.5, 0.6) is 5.75 Å². The van der Waals surface area contributed by atoms with Crippen LogP contribution in [0.25, 0.3) is 0 Å². The third-order valence-corrected chi connectivity index (χ3v) is 6.68. The van der Waals surface area contributed by atoms with Crippen molar-refractivity contribution < 1.29 is 23.9 Å². The fourth-order valence-electron chi connectivity index (χ4n) is 4.23. The average molecular weight is 531 g/mol. The Morgan fingerprint density at radius 1 is 1.08 bits per heavy atom. The molecule has 37 heavy (non-hydrogen) atoms. The van der Waals surface area contributed by atoms with Gasteiger partial charge in [-0.3, -0.25) is 9.59 Å². The zero-order valence-corrected chi connectivity index (χ0v) is 22.7. The van der Waals surface area contributed by atoms with Crippen LogP contribution in [0.4, 0.5) is 16.2 Å². The normalized spacial score (nSPS) is 20.7. The summed E-state index contributed by atoms with van der Waals surface area (Å²) in [6, 6.07) is 10.9. The monoisotopic (exact) mass is 530 g/mol. The lowest BCUT2D eigenvalue weighted by molar-refractivity contribution is -0.135. The molecule has 1 aliphatic heterocycles. The highest BCUT2D eigenvalue weighted by Crippen LogP contribution is 2.27. The van der Waals surface area contributed by atoms with Crippen LogP contribution in [0.15, 0.2) is 42.5 Å². The summed E-state index contributed by atoms with van der Waals surface area (Å²) in [6.07, 6.45) is 0.120. The number of hydrogen-bond acceptors (Lipinski definition) is 5. The Balaban J connectivity index is 1.88. The molecule has 3 rings (SSSR count).